The van der Waals surface area contributed by atoms with E-state index in [1.165, 1.54) is 11.8 Å². The summed E-state index contributed by atoms with van der Waals surface area (Å²) in [6.45, 7) is 14.6. The van der Waals surface area contributed by atoms with Crippen LogP contribution in [0.1, 0.15) is 32.2 Å². The Hall–Kier alpha value is -2.68. The van der Waals surface area contributed by atoms with E-state index in [1.807, 2.05) is 27.0 Å². The summed E-state index contributed by atoms with van der Waals surface area (Å²) in [4.78, 5) is 26.2. The Balaban J connectivity index is 1.54. The lowest BCUT2D eigenvalue weighted by Crippen LogP contribution is -2.33. The number of carbonyl (C=O) groups excluding carboxylic acids is 1. The van der Waals surface area contributed by atoms with E-state index in [1.54, 1.807) is 10.7 Å². The number of hydrogen-bond donors (Lipinski definition) is 2. The molecule has 4 rings (SSSR count). The summed E-state index contributed by atoms with van der Waals surface area (Å²) in [5.41, 5.74) is 3.09. The van der Waals surface area contributed by atoms with Gasteiger partial charge >= 0.3 is 6.09 Å². The van der Waals surface area contributed by atoms with E-state index >= 15 is 0 Å². The molecule has 0 radical (unpaired) electrons. The van der Waals surface area contributed by atoms with Gasteiger partial charge in [-0.3, -0.25) is 0 Å². The molecular weight excluding hydrogens is 624 g/mol. The number of hydrogen-bond acceptors (Lipinski definition) is 9. The first-order valence-corrected chi connectivity index (χ1v) is 19.3. The summed E-state index contributed by atoms with van der Waals surface area (Å²) in [5, 5.41) is 11.3. The second kappa shape index (κ2) is 13.1. The maximum atomic E-state index is 12.0. The van der Waals surface area contributed by atoms with E-state index in [-0.39, 0.29) is 0 Å². The Morgan fingerprint density at radius 1 is 1.17 bits per heavy atom. The average molecular weight is 664 g/mol. The molecule has 1 aromatic carbocycles. The van der Waals surface area contributed by atoms with E-state index in [0.717, 1.165) is 32.9 Å². The van der Waals surface area contributed by atoms with Gasteiger partial charge in [0, 0.05) is 21.2 Å². The van der Waals surface area contributed by atoms with Gasteiger partial charge in [-0.1, -0.05) is 37.5 Å². The Morgan fingerprint density at radius 3 is 2.66 bits per heavy atom. The third kappa shape index (κ3) is 8.66. The molecule has 11 nitrogen and oxygen atoms in total. The van der Waals surface area contributed by atoms with E-state index < -0.39 is 19.8 Å². The number of rotatable bonds is 12. The van der Waals surface area contributed by atoms with Crippen LogP contribution in [0.5, 0.6) is 0 Å². The Bertz CT molecular complexity index is 1510. The van der Waals surface area contributed by atoms with Crippen LogP contribution >= 0.6 is 27.7 Å². The molecule has 1 amide bonds. The average Bonchev–Trinajstić information content (AvgIpc) is 3.43. The molecule has 41 heavy (non-hydrogen) atoms. The summed E-state index contributed by atoms with van der Waals surface area (Å²) in [5.74, 6) is 1.40. The maximum absolute atomic E-state index is 12.0. The van der Waals surface area contributed by atoms with Crippen LogP contribution in [0.15, 0.2) is 34.0 Å². The van der Waals surface area contributed by atoms with Crippen molar-refractivity contribution in [3.05, 3.63) is 40.3 Å². The fourth-order valence-electron chi connectivity index (χ4n) is 4.01. The Labute approximate surface area is 254 Å². The highest BCUT2D eigenvalue weighted by atomic mass is 79.9. The van der Waals surface area contributed by atoms with Gasteiger partial charge in [0.2, 0.25) is 5.95 Å². The summed E-state index contributed by atoms with van der Waals surface area (Å²) in [7, 11) is -1.21. The lowest BCUT2D eigenvalue weighted by atomic mass is 10.1. The number of ether oxygens (including phenoxy) is 2. The molecule has 4 aromatic rings. The van der Waals surface area contributed by atoms with Gasteiger partial charge in [-0.05, 0) is 73.1 Å². The zero-order valence-corrected chi connectivity index (χ0v) is 28.1. The van der Waals surface area contributed by atoms with Gasteiger partial charge in [-0.2, -0.15) is 14.6 Å². The second-order valence-electron chi connectivity index (χ2n) is 11.9. The fraction of sp³-hybridized carbons (Fsp3) is 0.519. The molecule has 0 aliphatic rings. The molecule has 0 spiro atoms. The summed E-state index contributed by atoms with van der Waals surface area (Å²) < 4.78 is 16.1. The number of carbonyl (C=O) groups is 1. The van der Waals surface area contributed by atoms with Crippen LogP contribution in [-0.4, -0.2) is 68.3 Å². The molecule has 14 heteroatoms. The molecule has 0 aliphatic heterocycles. The number of imidazole rings is 1. The summed E-state index contributed by atoms with van der Waals surface area (Å²) in [6.07, 6.45) is 3.89. The van der Waals surface area contributed by atoms with Crippen LogP contribution in [0.25, 0.3) is 16.7 Å². The molecule has 3 heterocycles. The van der Waals surface area contributed by atoms with Crippen molar-refractivity contribution in [1.29, 1.82) is 0 Å². The van der Waals surface area contributed by atoms with E-state index in [4.69, 9.17) is 14.5 Å². The number of nitrogens with one attached hydrogen (secondary N) is 2. The van der Waals surface area contributed by atoms with Crippen molar-refractivity contribution < 1.29 is 14.3 Å². The van der Waals surface area contributed by atoms with Gasteiger partial charge in [0.1, 0.15) is 18.2 Å². The van der Waals surface area contributed by atoms with Gasteiger partial charge in [-0.15, -0.1) is 0 Å². The van der Waals surface area contributed by atoms with E-state index in [9.17, 15) is 4.79 Å². The molecule has 0 unspecified atom stereocenters. The minimum Gasteiger partial charge on any atom is -0.444 e. The van der Waals surface area contributed by atoms with E-state index in [0.29, 0.717) is 49.6 Å². The molecule has 3 aromatic heterocycles. The molecule has 222 valence electrons. The predicted molar refractivity (Wildman–Crippen MR) is 169 cm³/mol. The topological polar surface area (TPSA) is 120 Å². The van der Waals surface area contributed by atoms with Crippen molar-refractivity contribution in [3.8, 4) is 0 Å². The van der Waals surface area contributed by atoms with Crippen molar-refractivity contribution in [1.82, 2.24) is 34.4 Å². The van der Waals surface area contributed by atoms with Crippen molar-refractivity contribution in [3.63, 3.8) is 0 Å². The van der Waals surface area contributed by atoms with E-state index in [2.05, 4.69) is 84.0 Å². The van der Waals surface area contributed by atoms with Crippen LogP contribution < -0.4 is 10.6 Å². The van der Waals surface area contributed by atoms with Gasteiger partial charge < -0.3 is 24.7 Å². The first kappa shape index (κ1) is 31.3. The van der Waals surface area contributed by atoms with Crippen LogP contribution in [0.2, 0.25) is 25.7 Å². The zero-order valence-electron chi connectivity index (χ0n) is 24.7. The minimum atomic E-state index is -1.21. The van der Waals surface area contributed by atoms with Crippen LogP contribution in [-0.2, 0) is 29.2 Å². The highest BCUT2D eigenvalue weighted by molar-refractivity contribution is 9.10. The van der Waals surface area contributed by atoms with Crippen molar-refractivity contribution in [2.45, 2.75) is 76.9 Å². The highest BCUT2D eigenvalue weighted by Gasteiger charge is 2.18. The third-order valence-electron chi connectivity index (χ3n) is 6.08. The lowest BCUT2D eigenvalue weighted by Gasteiger charge is -2.19. The molecule has 0 saturated carbocycles. The Morgan fingerprint density at radius 2 is 1.95 bits per heavy atom. The predicted octanol–water partition coefficient (Wildman–Crippen LogP) is 5.95. The number of benzene rings is 1. The van der Waals surface area contributed by atoms with Crippen LogP contribution in [0.3, 0.4) is 0 Å². The molecule has 2 N–H and O–H groups in total. The standard InChI is InChI=1S/C27H39BrN8O3SSi/c1-27(2,3)39-26(37)29-11-10-18-8-9-21-20(14-18)32-22(35(21)17-38-12-13-41(5,6)7)16-30-24-34-25(40-4)33-23-19(28)15-31-36(23)24/h8-9,14-15H,10-13,16-17H2,1-7H3,(H,29,37)(H,30,33,34). The molecule has 0 fully saturated rings. The highest BCUT2D eigenvalue weighted by Crippen LogP contribution is 2.23. The normalized spacial score (nSPS) is 12.3. The van der Waals surface area contributed by atoms with Crippen LogP contribution in [0.4, 0.5) is 10.7 Å². The first-order chi connectivity index (χ1) is 19.3. The number of fused-ring (bicyclic) bond motifs is 2. The number of thioether (sulfide) groups is 1. The number of amides is 1. The monoisotopic (exact) mass is 662 g/mol. The minimum absolute atomic E-state index is 0.403. The third-order valence-corrected chi connectivity index (χ3v) is 8.89. The molecule has 0 aliphatic carbocycles. The first-order valence-electron chi connectivity index (χ1n) is 13.5. The smallest absolute Gasteiger partial charge is 0.407 e. The maximum Gasteiger partial charge on any atom is 0.407 e. The van der Waals surface area contributed by atoms with Crippen molar-refractivity contribution >= 4 is 64.5 Å². The van der Waals surface area contributed by atoms with Gasteiger partial charge in [0.15, 0.2) is 10.8 Å². The number of aromatic nitrogens is 6. The molecule has 0 atom stereocenters. The molecular formula is C27H39BrN8O3SSi. The van der Waals surface area contributed by atoms with Gasteiger partial charge in [-0.25, -0.2) is 14.8 Å². The Kier molecular flexibility index (Phi) is 9.98. The summed E-state index contributed by atoms with van der Waals surface area (Å²) in [6, 6.07) is 7.28. The van der Waals surface area contributed by atoms with Crippen molar-refractivity contribution in [2.75, 3.05) is 24.7 Å². The molecule has 0 bridgehead atoms. The summed E-state index contributed by atoms with van der Waals surface area (Å²) >= 11 is 4.99. The zero-order chi connectivity index (χ0) is 29.8. The van der Waals surface area contributed by atoms with Gasteiger partial charge in [0.05, 0.1) is 28.2 Å². The lowest BCUT2D eigenvalue weighted by molar-refractivity contribution is 0.0528. The number of anilines is 1. The largest absolute Gasteiger partial charge is 0.444 e. The number of halogens is 1. The fourth-order valence-corrected chi connectivity index (χ4v) is 5.47. The van der Waals surface area contributed by atoms with Crippen molar-refractivity contribution in [2.24, 2.45) is 0 Å². The SMILES string of the molecule is CSc1nc(NCc2nc3cc(CCNC(=O)OC(C)(C)C)ccc3n2COCC[Si](C)(C)C)n2ncc(Br)c2n1. The van der Waals surface area contributed by atoms with Crippen LogP contribution in [0, 0.1) is 0 Å². The second-order valence-corrected chi connectivity index (χ2v) is 19.2. The number of alkyl carbamates (subject to hydrolysis) is 1. The van der Waals surface area contributed by atoms with Gasteiger partial charge in [0.25, 0.3) is 0 Å². The molecule has 0 saturated heterocycles. The quantitative estimate of drug-likeness (QED) is 0.108. The number of nitrogens with zero attached hydrogens (tertiary/aromatic N) is 6.